The van der Waals surface area contributed by atoms with E-state index in [1.54, 1.807) is 18.2 Å². The highest BCUT2D eigenvalue weighted by atomic mass is 35.5. The third kappa shape index (κ3) is 4.35. The summed E-state index contributed by atoms with van der Waals surface area (Å²) in [6, 6.07) is 10.9. The zero-order chi connectivity index (χ0) is 18.5. The van der Waals surface area contributed by atoms with Gasteiger partial charge in [-0.05, 0) is 42.3 Å². The molecule has 2 aromatic carbocycles. The van der Waals surface area contributed by atoms with Crippen LogP contribution in [-0.2, 0) is 24.2 Å². The molecule has 0 unspecified atom stereocenters. The van der Waals surface area contributed by atoms with Crippen molar-refractivity contribution in [2.24, 2.45) is 0 Å². The minimum absolute atomic E-state index is 0.0992. The van der Waals surface area contributed by atoms with E-state index in [4.69, 9.17) is 16.3 Å². The summed E-state index contributed by atoms with van der Waals surface area (Å²) in [5.41, 5.74) is 3.41. The SMILES string of the molecule is CCNC(=O)c1ccc(CNC(=O)Cc2cc(Cl)cc3c2OCC3)cc1. The number of hydrogen-bond acceptors (Lipinski definition) is 3. The standard InChI is InChI=1S/C20H21ClN2O3/c1-2-22-20(25)14-5-3-13(4-6-14)12-23-18(24)11-16-10-17(21)9-15-7-8-26-19(15)16/h3-6,9-10H,2,7-8,11-12H2,1H3,(H,22,25)(H,23,24). The molecule has 0 radical (unpaired) electrons. The molecule has 6 heteroatoms. The molecule has 0 bridgehead atoms. The monoisotopic (exact) mass is 372 g/mol. The Labute approximate surface area is 157 Å². The molecule has 0 atom stereocenters. The van der Waals surface area contributed by atoms with E-state index in [1.165, 1.54) is 0 Å². The van der Waals surface area contributed by atoms with Gasteiger partial charge in [0, 0.05) is 35.7 Å². The lowest BCUT2D eigenvalue weighted by atomic mass is 10.1. The maximum Gasteiger partial charge on any atom is 0.251 e. The van der Waals surface area contributed by atoms with Gasteiger partial charge < -0.3 is 15.4 Å². The van der Waals surface area contributed by atoms with Crippen molar-refractivity contribution in [1.29, 1.82) is 0 Å². The normalized spacial score (nSPS) is 12.2. The molecule has 2 aromatic rings. The highest BCUT2D eigenvalue weighted by Crippen LogP contribution is 2.33. The number of carbonyl (C=O) groups excluding carboxylic acids is 2. The third-order valence-corrected chi connectivity index (χ3v) is 4.44. The summed E-state index contributed by atoms with van der Waals surface area (Å²) in [6.07, 6.45) is 1.04. The second kappa shape index (κ2) is 8.23. The Morgan fingerprint density at radius 2 is 1.92 bits per heavy atom. The van der Waals surface area contributed by atoms with Crippen LogP contribution in [0.3, 0.4) is 0 Å². The number of halogens is 1. The van der Waals surface area contributed by atoms with Gasteiger partial charge in [-0.1, -0.05) is 23.7 Å². The van der Waals surface area contributed by atoms with Crippen LogP contribution in [0.1, 0.15) is 34.0 Å². The quantitative estimate of drug-likeness (QED) is 0.819. The van der Waals surface area contributed by atoms with E-state index in [0.29, 0.717) is 30.3 Å². The van der Waals surface area contributed by atoms with E-state index in [-0.39, 0.29) is 18.2 Å². The average molecular weight is 373 g/mol. The lowest BCUT2D eigenvalue weighted by Gasteiger charge is -2.10. The first-order chi connectivity index (χ1) is 12.6. The van der Waals surface area contributed by atoms with Crippen molar-refractivity contribution >= 4 is 23.4 Å². The van der Waals surface area contributed by atoms with Crippen LogP contribution >= 0.6 is 11.6 Å². The fourth-order valence-corrected chi connectivity index (χ4v) is 3.21. The van der Waals surface area contributed by atoms with Gasteiger partial charge in [-0.25, -0.2) is 0 Å². The van der Waals surface area contributed by atoms with Crippen LogP contribution in [0.2, 0.25) is 5.02 Å². The van der Waals surface area contributed by atoms with Crippen molar-refractivity contribution in [3.63, 3.8) is 0 Å². The van der Waals surface area contributed by atoms with Gasteiger partial charge >= 0.3 is 0 Å². The van der Waals surface area contributed by atoms with Gasteiger partial charge in [-0.3, -0.25) is 9.59 Å². The molecule has 0 fully saturated rings. The summed E-state index contributed by atoms with van der Waals surface area (Å²) in [6.45, 7) is 3.50. The molecule has 136 valence electrons. The van der Waals surface area contributed by atoms with E-state index in [1.807, 2.05) is 25.1 Å². The van der Waals surface area contributed by atoms with Gasteiger partial charge in [0.25, 0.3) is 5.91 Å². The van der Waals surface area contributed by atoms with Crippen LogP contribution in [0.15, 0.2) is 36.4 Å². The van der Waals surface area contributed by atoms with Crippen molar-refractivity contribution < 1.29 is 14.3 Å². The smallest absolute Gasteiger partial charge is 0.251 e. The highest BCUT2D eigenvalue weighted by molar-refractivity contribution is 6.30. The number of ether oxygens (including phenoxy) is 1. The molecule has 26 heavy (non-hydrogen) atoms. The van der Waals surface area contributed by atoms with Crippen molar-refractivity contribution in [2.45, 2.75) is 26.3 Å². The molecule has 1 aliphatic heterocycles. The summed E-state index contributed by atoms with van der Waals surface area (Å²) in [5.74, 6) is 0.589. The molecule has 5 nitrogen and oxygen atoms in total. The number of amides is 2. The predicted molar refractivity (Wildman–Crippen MR) is 101 cm³/mol. The molecule has 0 aromatic heterocycles. The summed E-state index contributed by atoms with van der Waals surface area (Å²) < 4.78 is 5.63. The van der Waals surface area contributed by atoms with E-state index in [0.717, 1.165) is 28.9 Å². The maximum absolute atomic E-state index is 12.3. The van der Waals surface area contributed by atoms with Crippen molar-refractivity contribution in [2.75, 3.05) is 13.2 Å². The Balaban J connectivity index is 1.57. The first kappa shape index (κ1) is 18.3. The van der Waals surface area contributed by atoms with Crippen LogP contribution in [0, 0.1) is 0 Å². The minimum atomic E-state index is -0.0993. The topological polar surface area (TPSA) is 67.4 Å². The Morgan fingerprint density at radius 3 is 2.65 bits per heavy atom. The number of nitrogens with one attached hydrogen (secondary N) is 2. The zero-order valence-electron chi connectivity index (χ0n) is 14.6. The largest absolute Gasteiger partial charge is 0.493 e. The van der Waals surface area contributed by atoms with Crippen molar-refractivity contribution in [3.8, 4) is 5.75 Å². The molecular weight excluding hydrogens is 352 g/mol. The van der Waals surface area contributed by atoms with E-state index >= 15 is 0 Å². The van der Waals surface area contributed by atoms with Gasteiger partial charge in [0.05, 0.1) is 13.0 Å². The summed E-state index contributed by atoms with van der Waals surface area (Å²) in [4.78, 5) is 24.0. The lowest BCUT2D eigenvalue weighted by molar-refractivity contribution is -0.120. The second-order valence-electron chi connectivity index (χ2n) is 6.16. The number of rotatable bonds is 6. The first-order valence-corrected chi connectivity index (χ1v) is 9.02. The number of carbonyl (C=O) groups is 2. The molecular formula is C20H21ClN2O3. The van der Waals surface area contributed by atoms with Crippen LogP contribution in [0.5, 0.6) is 5.75 Å². The molecule has 1 aliphatic rings. The third-order valence-electron chi connectivity index (χ3n) is 4.22. The maximum atomic E-state index is 12.3. The summed E-state index contributed by atoms with van der Waals surface area (Å²) >= 11 is 6.13. The molecule has 0 saturated heterocycles. The lowest BCUT2D eigenvalue weighted by Crippen LogP contribution is -2.25. The minimum Gasteiger partial charge on any atom is -0.493 e. The number of hydrogen-bond donors (Lipinski definition) is 2. The van der Waals surface area contributed by atoms with Gasteiger partial charge in [0.1, 0.15) is 5.75 Å². The van der Waals surface area contributed by atoms with E-state index in [2.05, 4.69) is 10.6 Å². The predicted octanol–water partition coefficient (Wildman–Crippen LogP) is 2.88. The Hall–Kier alpha value is -2.53. The van der Waals surface area contributed by atoms with Crippen LogP contribution < -0.4 is 15.4 Å². The average Bonchev–Trinajstić information content (AvgIpc) is 3.09. The second-order valence-corrected chi connectivity index (χ2v) is 6.60. The van der Waals surface area contributed by atoms with Crippen LogP contribution in [-0.4, -0.2) is 25.0 Å². The zero-order valence-corrected chi connectivity index (χ0v) is 15.4. The molecule has 0 spiro atoms. The summed E-state index contributed by atoms with van der Waals surface area (Å²) in [7, 11) is 0. The molecule has 0 aliphatic carbocycles. The number of benzene rings is 2. The Bertz CT molecular complexity index is 819. The fourth-order valence-electron chi connectivity index (χ4n) is 2.95. The van der Waals surface area contributed by atoms with Gasteiger partial charge in [0.2, 0.25) is 5.91 Å². The highest BCUT2D eigenvalue weighted by Gasteiger charge is 2.19. The van der Waals surface area contributed by atoms with E-state index in [9.17, 15) is 9.59 Å². The van der Waals surface area contributed by atoms with Gasteiger partial charge in [-0.2, -0.15) is 0 Å². The van der Waals surface area contributed by atoms with Gasteiger partial charge in [0.15, 0.2) is 0 Å². The Morgan fingerprint density at radius 1 is 1.15 bits per heavy atom. The fraction of sp³-hybridized carbons (Fsp3) is 0.300. The number of fused-ring (bicyclic) bond motifs is 1. The van der Waals surface area contributed by atoms with Gasteiger partial charge in [-0.15, -0.1) is 0 Å². The molecule has 2 amide bonds. The first-order valence-electron chi connectivity index (χ1n) is 8.64. The Kier molecular flexibility index (Phi) is 5.78. The van der Waals surface area contributed by atoms with Crippen LogP contribution in [0.25, 0.3) is 0 Å². The van der Waals surface area contributed by atoms with Crippen molar-refractivity contribution in [3.05, 3.63) is 63.7 Å². The van der Waals surface area contributed by atoms with E-state index < -0.39 is 0 Å². The molecule has 0 saturated carbocycles. The molecule has 1 heterocycles. The summed E-state index contributed by atoms with van der Waals surface area (Å²) in [5, 5.41) is 6.27. The van der Waals surface area contributed by atoms with Crippen LogP contribution in [0.4, 0.5) is 0 Å². The van der Waals surface area contributed by atoms with Crippen molar-refractivity contribution in [1.82, 2.24) is 10.6 Å². The molecule has 3 rings (SSSR count). The molecule has 2 N–H and O–H groups in total.